The predicted molar refractivity (Wildman–Crippen MR) is 126 cm³/mol. The van der Waals surface area contributed by atoms with Crippen molar-refractivity contribution >= 4 is 17.8 Å². The first-order valence-corrected chi connectivity index (χ1v) is 12.4. The monoisotopic (exact) mass is 458 g/mol. The van der Waals surface area contributed by atoms with Gasteiger partial charge < -0.3 is 14.7 Å². The van der Waals surface area contributed by atoms with Crippen LogP contribution < -0.4 is 5.32 Å². The standard InChI is InChI=1S/C26H38N2O5/c1-3-33-26(32)23(14-13-19-9-5-4-6-10-19)27-18(2)25(31)28(17-24(29)30)22-15-20-11-7-8-12-21(20)16-22/h7-8,11-12,18-19,22-23,27H,3-6,9-10,13-17H2,1-2H3,(H,29,30). The lowest BCUT2D eigenvalue weighted by atomic mass is 9.85. The van der Waals surface area contributed by atoms with Crippen molar-refractivity contribution in [2.75, 3.05) is 13.2 Å². The molecule has 1 aromatic carbocycles. The third-order valence-electron chi connectivity index (χ3n) is 7.04. The van der Waals surface area contributed by atoms with Crippen molar-refractivity contribution in [2.45, 2.75) is 89.8 Å². The Morgan fingerprint density at radius 1 is 1.12 bits per heavy atom. The summed E-state index contributed by atoms with van der Waals surface area (Å²) in [6, 6.07) is 6.53. The summed E-state index contributed by atoms with van der Waals surface area (Å²) < 4.78 is 5.27. The fourth-order valence-corrected chi connectivity index (χ4v) is 5.30. The van der Waals surface area contributed by atoms with E-state index in [9.17, 15) is 19.5 Å². The van der Waals surface area contributed by atoms with Crippen LogP contribution in [0.2, 0.25) is 0 Å². The highest BCUT2D eigenvalue weighted by Gasteiger charge is 2.35. The minimum absolute atomic E-state index is 0.196. The van der Waals surface area contributed by atoms with Crippen molar-refractivity contribution in [3.05, 3.63) is 35.4 Å². The summed E-state index contributed by atoms with van der Waals surface area (Å²) in [7, 11) is 0. The van der Waals surface area contributed by atoms with Gasteiger partial charge in [0, 0.05) is 6.04 Å². The molecule has 0 bridgehead atoms. The van der Waals surface area contributed by atoms with Gasteiger partial charge in [-0.25, -0.2) is 0 Å². The van der Waals surface area contributed by atoms with Crippen molar-refractivity contribution < 1.29 is 24.2 Å². The van der Waals surface area contributed by atoms with Crippen LogP contribution in [-0.4, -0.2) is 59.1 Å². The summed E-state index contributed by atoms with van der Waals surface area (Å²) in [6.45, 7) is 3.42. The molecule has 182 valence electrons. The summed E-state index contributed by atoms with van der Waals surface area (Å²) in [5, 5.41) is 12.7. The molecule has 33 heavy (non-hydrogen) atoms. The number of rotatable bonds is 11. The number of benzene rings is 1. The third-order valence-corrected chi connectivity index (χ3v) is 7.04. The second kappa shape index (κ2) is 12.2. The second-order valence-electron chi connectivity index (χ2n) is 9.47. The Balaban J connectivity index is 1.66. The van der Waals surface area contributed by atoms with Crippen LogP contribution in [0.5, 0.6) is 0 Å². The molecule has 2 aliphatic carbocycles. The van der Waals surface area contributed by atoms with Gasteiger partial charge in [0.15, 0.2) is 0 Å². The lowest BCUT2D eigenvalue weighted by Crippen LogP contribution is -2.54. The van der Waals surface area contributed by atoms with E-state index in [0.717, 1.165) is 17.5 Å². The maximum atomic E-state index is 13.4. The fraction of sp³-hybridized carbons (Fsp3) is 0.654. The molecule has 2 unspecified atom stereocenters. The highest BCUT2D eigenvalue weighted by Crippen LogP contribution is 2.28. The Morgan fingerprint density at radius 2 is 1.76 bits per heavy atom. The minimum atomic E-state index is -1.04. The number of hydrogen-bond acceptors (Lipinski definition) is 5. The number of nitrogens with zero attached hydrogens (tertiary/aromatic N) is 1. The van der Waals surface area contributed by atoms with E-state index in [0.29, 0.717) is 25.2 Å². The molecule has 1 fully saturated rings. The zero-order chi connectivity index (χ0) is 23.8. The van der Waals surface area contributed by atoms with Gasteiger partial charge in [-0.2, -0.15) is 0 Å². The Bertz CT molecular complexity index is 796. The van der Waals surface area contributed by atoms with Gasteiger partial charge in [0.2, 0.25) is 5.91 Å². The SMILES string of the molecule is CCOC(=O)C(CCC1CCCCC1)NC(C)C(=O)N(CC(=O)O)C1Cc2ccccc2C1. The van der Waals surface area contributed by atoms with Crippen LogP contribution in [0.15, 0.2) is 24.3 Å². The lowest BCUT2D eigenvalue weighted by Gasteiger charge is -2.32. The quantitative estimate of drug-likeness (QED) is 0.494. The number of carboxylic acid groups (broad SMARTS) is 1. The molecule has 1 saturated carbocycles. The summed E-state index contributed by atoms with van der Waals surface area (Å²) in [6.07, 6.45) is 8.98. The maximum Gasteiger partial charge on any atom is 0.323 e. The van der Waals surface area contributed by atoms with E-state index in [-0.39, 0.29) is 31.1 Å². The van der Waals surface area contributed by atoms with Gasteiger partial charge in [-0.1, -0.05) is 56.4 Å². The maximum absolute atomic E-state index is 13.4. The van der Waals surface area contributed by atoms with Gasteiger partial charge in [-0.15, -0.1) is 0 Å². The number of carboxylic acids is 1. The molecule has 0 aromatic heterocycles. The number of esters is 1. The number of carbonyl (C=O) groups excluding carboxylic acids is 2. The number of amides is 1. The molecule has 0 radical (unpaired) electrons. The lowest BCUT2D eigenvalue weighted by molar-refractivity contribution is -0.149. The molecular formula is C26H38N2O5. The summed E-state index contributed by atoms with van der Waals surface area (Å²) in [4.78, 5) is 39.0. The number of ether oxygens (including phenoxy) is 1. The fourth-order valence-electron chi connectivity index (χ4n) is 5.30. The zero-order valence-electron chi connectivity index (χ0n) is 19.9. The van der Waals surface area contributed by atoms with Crippen LogP contribution in [0.3, 0.4) is 0 Å². The van der Waals surface area contributed by atoms with Crippen LogP contribution >= 0.6 is 0 Å². The zero-order valence-corrected chi connectivity index (χ0v) is 19.9. The normalized spacial score (nSPS) is 18.4. The largest absolute Gasteiger partial charge is 0.480 e. The first-order chi connectivity index (χ1) is 15.9. The van der Waals surface area contributed by atoms with E-state index in [1.54, 1.807) is 13.8 Å². The van der Waals surface area contributed by atoms with Crippen LogP contribution in [0.4, 0.5) is 0 Å². The Labute approximate surface area is 196 Å². The average molecular weight is 459 g/mol. The van der Waals surface area contributed by atoms with E-state index in [1.807, 2.05) is 24.3 Å². The second-order valence-corrected chi connectivity index (χ2v) is 9.47. The first-order valence-electron chi connectivity index (χ1n) is 12.4. The summed E-state index contributed by atoms with van der Waals surface area (Å²) in [5.41, 5.74) is 2.31. The van der Waals surface area contributed by atoms with Crippen molar-refractivity contribution in [3.63, 3.8) is 0 Å². The van der Waals surface area contributed by atoms with Gasteiger partial charge in [0.05, 0.1) is 12.6 Å². The first kappa shape index (κ1) is 25.2. The third kappa shape index (κ3) is 7.03. The Kier molecular flexibility index (Phi) is 9.30. The number of aliphatic carboxylic acids is 1. The highest BCUT2D eigenvalue weighted by atomic mass is 16.5. The molecule has 0 saturated heterocycles. The number of hydrogen-bond donors (Lipinski definition) is 2. The Hall–Kier alpha value is -2.41. The number of nitrogens with one attached hydrogen (secondary N) is 1. The van der Waals surface area contributed by atoms with E-state index in [2.05, 4.69) is 5.32 Å². The van der Waals surface area contributed by atoms with E-state index >= 15 is 0 Å². The van der Waals surface area contributed by atoms with Gasteiger partial charge in [0.25, 0.3) is 0 Å². The summed E-state index contributed by atoms with van der Waals surface area (Å²) in [5.74, 6) is -1.05. The van der Waals surface area contributed by atoms with E-state index in [1.165, 1.54) is 37.0 Å². The van der Waals surface area contributed by atoms with Crippen LogP contribution in [0.1, 0.15) is 69.9 Å². The molecule has 3 rings (SSSR count). The van der Waals surface area contributed by atoms with Crippen molar-refractivity contribution in [3.8, 4) is 0 Å². The molecule has 0 aliphatic heterocycles. The number of fused-ring (bicyclic) bond motifs is 1. The van der Waals surface area contributed by atoms with Crippen molar-refractivity contribution in [1.29, 1.82) is 0 Å². The van der Waals surface area contributed by atoms with E-state index in [4.69, 9.17) is 4.74 Å². The summed E-state index contributed by atoms with van der Waals surface area (Å²) >= 11 is 0. The molecular weight excluding hydrogens is 420 g/mol. The number of carbonyl (C=O) groups is 3. The topological polar surface area (TPSA) is 95.9 Å². The van der Waals surface area contributed by atoms with Crippen LogP contribution in [0.25, 0.3) is 0 Å². The Morgan fingerprint density at radius 3 is 2.33 bits per heavy atom. The van der Waals surface area contributed by atoms with Crippen molar-refractivity contribution in [2.24, 2.45) is 5.92 Å². The van der Waals surface area contributed by atoms with Crippen LogP contribution in [0, 0.1) is 5.92 Å². The molecule has 2 N–H and O–H groups in total. The predicted octanol–water partition coefficient (Wildman–Crippen LogP) is 3.34. The molecule has 1 aromatic rings. The minimum Gasteiger partial charge on any atom is -0.480 e. The van der Waals surface area contributed by atoms with Gasteiger partial charge in [-0.3, -0.25) is 19.7 Å². The molecule has 2 aliphatic rings. The highest BCUT2D eigenvalue weighted by molar-refractivity contribution is 5.86. The van der Waals surface area contributed by atoms with E-state index < -0.39 is 18.1 Å². The smallest absolute Gasteiger partial charge is 0.323 e. The average Bonchev–Trinajstić information content (AvgIpc) is 3.24. The molecule has 0 spiro atoms. The van der Waals surface area contributed by atoms with Crippen molar-refractivity contribution in [1.82, 2.24) is 10.2 Å². The van der Waals surface area contributed by atoms with Gasteiger partial charge in [-0.05, 0) is 56.6 Å². The van der Waals surface area contributed by atoms with Gasteiger partial charge in [0.1, 0.15) is 12.6 Å². The molecule has 0 heterocycles. The molecule has 2 atom stereocenters. The molecule has 1 amide bonds. The molecule has 7 heteroatoms. The molecule has 7 nitrogen and oxygen atoms in total. The van der Waals surface area contributed by atoms with Crippen LogP contribution in [-0.2, 0) is 32.0 Å². The van der Waals surface area contributed by atoms with Gasteiger partial charge >= 0.3 is 11.9 Å².